The number of halogens is 1. The molecule has 0 aliphatic rings. The van der Waals surface area contributed by atoms with Crippen LogP contribution in [0.3, 0.4) is 0 Å². The topological polar surface area (TPSA) is 48.2 Å². The van der Waals surface area contributed by atoms with Crippen LogP contribution in [-0.4, -0.2) is 17.3 Å². The van der Waals surface area contributed by atoms with E-state index in [1.807, 2.05) is 49.4 Å². The number of rotatable bonds is 3. The largest absolute Gasteiger partial charge is 0.497 e. The summed E-state index contributed by atoms with van der Waals surface area (Å²) in [4.78, 5) is 4.46. The first-order valence-corrected chi connectivity index (χ1v) is 7.21. The normalized spacial score (nSPS) is 10.6. The first kappa shape index (κ1) is 13.8. The van der Waals surface area contributed by atoms with Crippen LogP contribution in [0.25, 0.3) is 22.8 Å². The van der Waals surface area contributed by atoms with Gasteiger partial charge in [-0.1, -0.05) is 28.9 Å². The quantitative estimate of drug-likeness (QED) is 0.702. The van der Waals surface area contributed by atoms with Crippen LogP contribution in [0.15, 0.2) is 51.5 Å². The first-order valence-electron chi connectivity index (χ1n) is 6.42. The SMILES string of the molecule is COc1ccc(Br)c(-c2nc(-c3cccc(C)c3)no2)c1. The Morgan fingerprint density at radius 2 is 2.00 bits per heavy atom. The zero-order valence-electron chi connectivity index (χ0n) is 11.6. The van der Waals surface area contributed by atoms with E-state index in [-0.39, 0.29) is 0 Å². The van der Waals surface area contributed by atoms with Crippen LogP contribution in [0.5, 0.6) is 5.75 Å². The Balaban J connectivity index is 2.02. The second-order valence-electron chi connectivity index (χ2n) is 4.64. The van der Waals surface area contributed by atoms with Crippen molar-refractivity contribution in [2.24, 2.45) is 0 Å². The highest BCUT2D eigenvalue weighted by atomic mass is 79.9. The lowest BCUT2D eigenvalue weighted by Gasteiger charge is -2.03. The Kier molecular flexibility index (Phi) is 3.75. The average Bonchev–Trinajstić information content (AvgIpc) is 2.97. The van der Waals surface area contributed by atoms with Gasteiger partial charge in [-0.2, -0.15) is 4.98 Å². The molecule has 0 unspecified atom stereocenters. The number of benzene rings is 2. The first-order chi connectivity index (χ1) is 10.2. The number of aryl methyl sites for hydroxylation is 1. The monoisotopic (exact) mass is 344 g/mol. The maximum absolute atomic E-state index is 5.38. The van der Waals surface area contributed by atoms with Crippen molar-refractivity contribution in [1.82, 2.24) is 10.1 Å². The molecule has 3 aromatic rings. The summed E-state index contributed by atoms with van der Waals surface area (Å²) in [7, 11) is 1.62. The number of hydrogen-bond donors (Lipinski definition) is 0. The fourth-order valence-corrected chi connectivity index (χ4v) is 2.45. The van der Waals surface area contributed by atoms with Gasteiger partial charge in [0.05, 0.1) is 12.7 Å². The second kappa shape index (κ2) is 5.69. The van der Waals surface area contributed by atoms with Gasteiger partial charge in [0.1, 0.15) is 5.75 Å². The summed E-state index contributed by atoms with van der Waals surface area (Å²) in [6.07, 6.45) is 0. The van der Waals surface area contributed by atoms with Gasteiger partial charge in [-0.15, -0.1) is 0 Å². The average molecular weight is 345 g/mol. The van der Waals surface area contributed by atoms with Crippen molar-refractivity contribution >= 4 is 15.9 Å². The molecule has 1 heterocycles. The van der Waals surface area contributed by atoms with E-state index in [1.165, 1.54) is 0 Å². The van der Waals surface area contributed by atoms with E-state index in [4.69, 9.17) is 9.26 Å². The molecule has 0 saturated carbocycles. The number of hydrogen-bond acceptors (Lipinski definition) is 4. The fourth-order valence-electron chi connectivity index (χ4n) is 2.03. The van der Waals surface area contributed by atoms with Crippen molar-refractivity contribution in [3.8, 4) is 28.6 Å². The number of aromatic nitrogens is 2. The summed E-state index contributed by atoms with van der Waals surface area (Å²) >= 11 is 3.49. The third kappa shape index (κ3) is 2.83. The highest BCUT2D eigenvalue weighted by Gasteiger charge is 2.14. The summed E-state index contributed by atoms with van der Waals surface area (Å²) in [5, 5.41) is 4.05. The predicted octanol–water partition coefficient (Wildman–Crippen LogP) is 4.48. The minimum atomic E-state index is 0.456. The van der Waals surface area contributed by atoms with Gasteiger partial charge in [0.25, 0.3) is 5.89 Å². The van der Waals surface area contributed by atoms with E-state index in [9.17, 15) is 0 Å². The van der Waals surface area contributed by atoms with Crippen LogP contribution < -0.4 is 4.74 Å². The van der Waals surface area contributed by atoms with Gasteiger partial charge in [-0.05, 0) is 47.1 Å². The minimum absolute atomic E-state index is 0.456. The van der Waals surface area contributed by atoms with E-state index in [0.29, 0.717) is 11.7 Å². The zero-order chi connectivity index (χ0) is 14.8. The summed E-state index contributed by atoms with van der Waals surface area (Å²) in [6, 6.07) is 13.6. The maximum Gasteiger partial charge on any atom is 0.259 e. The Morgan fingerprint density at radius 1 is 1.14 bits per heavy atom. The van der Waals surface area contributed by atoms with E-state index >= 15 is 0 Å². The van der Waals surface area contributed by atoms with Crippen LogP contribution >= 0.6 is 15.9 Å². The summed E-state index contributed by atoms with van der Waals surface area (Å²) in [6.45, 7) is 2.03. The fraction of sp³-hybridized carbons (Fsp3) is 0.125. The molecule has 0 saturated heterocycles. The molecule has 0 aliphatic carbocycles. The molecule has 5 heteroatoms. The van der Waals surface area contributed by atoms with E-state index in [2.05, 4.69) is 26.1 Å². The molecule has 0 bridgehead atoms. The Morgan fingerprint density at radius 3 is 2.76 bits per heavy atom. The number of ether oxygens (including phenoxy) is 1. The second-order valence-corrected chi connectivity index (χ2v) is 5.49. The van der Waals surface area contributed by atoms with Crippen LogP contribution in [0.4, 0.5) is 0 Å². The van der Waals surface area contributed by atoms with E-state index < -0.39 is 0 Å². The molecule has 0 spiro atoms. The highest BCUT2D eigenvalue weighted by molar-refractivity contribution is 9.10. The van der Waals surface area contributed by atoms with Crippen LogP contribution in [0, 0.1) is 6.92 Å². The summed E-state index contributed by atoms with van der Waals surface area (Å²) in [5.74, 6) is 1.77. The third-order valence-corrected chi connectivity index (χ3v) is 3.80. The van der Waals surface area contributed by atoms with Gasteiger partial charge < -0.3 is 9.26 Å². The van der Waals surface area contributed by atoms with Crippen LogP contribution in [-0.2, 0) is 0 Å². The Hall–Kier alpha value is -2.14. The maximum atomic E-state index is 5.38. The van der Waals surface area contributed by atoms with Crippen molar-refractivity contribution in [1.29, 1.82) is 0 Å². The molecule has 3 rings (SSSR count). The van der Waals surface area contributed by atoms with Crippen molar-refractivity contribution in [2.45, 2.75) is 6.92 Å². The molecule has 0 aliphatic heterocycles. The Labute approximate surface area is 130 Å². The van der Waals surface area contributed by atoms with E-state index in [0.717, 1.165) is 26.9 Å². The molecule has 106 valence electrons. The van der Waals surface area contributed by atoms with Crippen molar-refractivity contribution in [3.05, 3.63) is 52.5 Å². The van der Waals surface area contributed by atoms with Gasteiger partial charge in [0.15, 0.2) is 0 Å². The highest BCUT2D eigenvalue weighted by Crippen LogP contribution is 2.31. The van der Waals surface area contributed by atoms with Gasteiger partial charge in [0, 0.05) is 10.0 Å². The van der Waals surface area contributed by atoms with Gasteiger partial charge in [-0.25, -0.2) is 0 Å². The third-order valence-electron chi connectivity index (χ3n) is 3.11. The zero-order valence-corrected chi connectivity index (χ0v) is 13.2. The van der Waals surface area contributed by atoms with Crippen molar-refractivity contribution < 1.29 is 9.26 Å². The lowest BCUT2D eigenvalue weighted by Crippen LogP contribution is -1.86. The number of nitrogens with zero attached hydrogens (tertiary/aromatic N) is 2. The van der Waals surface area contributed by atoms with Gasteiger partial charge in [-0.3, -0.25) is 0 Å². The molecule has 0 atom stereocenters. The van der Waals surface area contributed by atoms with Gasteiger partial charge >= 0.3 is 0 Å². The molecule has 0 amide bonds. The predicted molar refractivity (Wildman–Crippen MR) is 84.2 cm³/mol. The molecule has 0 N–H and O–H groups in total. The van der Waals surface area contributed by atoms with E-state index in [1.54, 1.807) is 7.11 Å². The molecular weight excluding hydrogens is 332 g/mol. The van der Waals surface area contributed by atoms with Crippen LogP contribution in [0.2, 0.25) is 0 Å². The summed E-state index contributed by atoms with van der Waals surface area (Å²) in [5.41, 5.74) is 2.89. The smallest absolute Gasteiger partial charge is 0.259 e. The lowest BCUT2D eigenvalue weighted by molar-refractivity contribution is 0.413. The molecular formula is C16H13BrN2O2. The summed E-state index contributed by atoms with van der Waals surface area (Å²) < 4.78 is 11.5. The molecule has 1 aromatic heterocycles. The van der Waals surface area contributed by atoms with Gasteiger partial charge in [0.2, 0.25) is 5.82 Å². The molecule has 2 aromatic carbocycles. The molecule has 0 radical (unpaired) electrons. The molecule has 21 heavy (non-hydrogen) atoms. The number of methoxy groups -OCH3 is 1. The standard InChI is InChI=1S/C16H13BrN2O2/c1-10-4-3-5-11(8-10)15-18-16(21-19-15)13-9-12(20-2)6-7-14(13)17/h3-9H,1-2H3. The van der Waals surface area contributed by atoms with Crippen LogP contribution in [0.1, 0.15) is 5.56 Å². The minimum Gasteiger partial charge on any atom is -0.497 e. The molecule has 4 nitrogen and oxygen atoms in total. The lowest BCUT2D eigenvalue weighted by atomic mass is 10.1. The Bertz CT molecular complexity index is 783. The van der Waals surface area contributed by atoms with Crippen molar-refractivity contribution in [2.75, 3.05) is 7.11 Å². The molecule has 0 fully saturated rings. The van der Waals surface area contributed by atoms with Crippen molar-refractivity contribution in [3.63, 3.8) is 0 Å².